The molecule has 0 radical (unpaired) electrons. The first-order valence-electron chi connectivity index (χ1n) is 6.14. The lowest BCUT2D eigenvalue weighted by molar-refractivity contribution is 0.212. The molecule has 1 saturated heterocycles. The molecule has 0 atom stereocenters. The van der Waals surface area contributed by atoms with Crippen LogP contribution in [-0.2, 0) is 13.5 Å². The topological polar surface area (TPSA) is 47.1 Å². The van der Waals surface area contributed by atoms with Crippen molar-refractivity contribution in [2.75, 3.05) is 19.6 Å². The van der Waals surface area contributed by atoms with Gasteiger partial charge in [0.15, 0.2) is 0 Å². The normalized spacial score (nSPS) is 18.4. The van der Waals surface area contributed by atoms with Crippen LogP contribution in [0.3, 0.4) is 0 Å². The summed E-state index contributed by atoms with van der Waals surface area (Å²) in [6, 6.07) is 0. The average molecular weight is 252 g/mol. The maximum Gasteiger partial charge on any atom is 0.0759 e. The van der Waals surface area contributed by atoms with Crippen LogP contribution in [0, 0.1) is 5.92 Å². The maximum atomic E-state index is 5.68. The lowest BCUT2D eigenvalue weighted by Gasteiger charge is -2.31. The van der Waals surface area contributed by atoms with Crippen molar-refractivity contribution >= 4 is 17.2 Å². The smallest absolute Gasteiger partial charge is 0.0759 e. The number of aryl methyl sites for hydroxylation is 1. The van der Waals surface area contributed by atoms with Gasteiger partial charge in [-0.2, -0.15) is 5.10 Å². The average Bonchev–Trinajstić information content (AvgIpc) is 2.73. The van der Waals surface area contributed by atoms with Crippen LogP contribution in [0.4, 0.5) is 0 Å². The summed E-state index contributed by atoms with van der Waals surface area (Å²) in [4.78, 5) is 3.18. The first-order valence-corrected chi connectivity index (χ1v) is 6.55. The predicted molar refractivity (Wildman–Crippen MR) is 72.9 cm³/mol. The van der Waals surface area contributed by atoms with E-state index in [0.717, 1.165) is 38.9 Å². The third kappa shape index (κ3) is 3.51. The van der Waals surface area contributed by atoms with Gasteiger partial charge in [0.25, 0.3) is 0 Å². The van der Waals surface area contributed by atoms with Crippen LogP contribution in [-0.4, -0.2) is 39.3 Å². The number of hydrogen-bond acceptors (Lipinski definition) is 3. The summed E-state index contributed by atoms with van der Waals surface area (Å²) in [6.07, 6.45) is 7.33. The molecule has 5 heteroatoms. The quantitative estimate of drug-likeness (QED) is 0.811. The van der Waals surface area contributed by atoms with Gasteiger partial charge in [-0.05, 0) is 37.9 Å². The third-order valence-electron chi connectivity index (χ3n) is 3.47. The highest BCUT2D eigenvalue weighted by molar-refractivity contribution is 7.80. The van der Waals surface area contributed by atoms with Crippen LogP contribution in [0.2, 0.25) is 0 Å². The maximum absolute atomic E-state index is 5.68. The Bertz CT molecular complexity index is 380. The van der Waals surface area contributed by atoms with E-state index < -0.39 is 0 Å². The largest absolute Gasteiger partial charge is 0.393 e. The number of thiocarbonyl (C=S) groups is 1. The molecule has 0 saturated carbocycles. The molecule has 1 aromatic heterocycles. The molecule has 0 aromatic carbocycles. The number of nitrogens with two attached hydrogens (primary N) is 1. The molecular weight excluding hydrogens is 232 g/mol. The van der Waals surface area contributed by atoms with Gasteiger partial charge in [0.2, 0.25) is 0 Å². The van der Waals surface area contributed by atoms with Crippen molar-refractivity contribution < 1.29 is 0 Å². The second-order valence-electron chi connectivity index (χ2n) is 4.79. The van der Waals surface area contributed by atoms with Crippen molar-refractivity contribution in [3.8, 4) is 0 Å². The summed E-state index contributed by atoms with van der Waals surface area (Å²) in [7, 11) is 1.96. The van der Waals surface area contributed by atoms with E-state index in [1.54, 1.807) is 0 Å². The van der Waals surface area contributed by atoms with Gasteiger partial charge in [0.05, 0.1) is 11.2 Å². The van der Waals surface area contributed by atoms with Gasteiger partial charge in [0, 0.05) is 25.7 Å². The lowest BCUT2D eigenvalue weighted by atomic mass is 9.97. The van der Waals surface area contributed by atoms with Gasteiger partial charge in [-0.25, -0.2) is 0 Å². The number of likely N-dealkylation sites (tertiary alicyclic amines) is 1. The molecule has 0 bridgehead atoms. The minimum atomic E-state index is 0.458. The summed E-state index contributed by atoms with van der Waals surface area (Å²) < 4.78 is 1.86. The monoisotopic (exact) mass is 252 g/mol. The van der Waals surface area contributed by atoms with E-state index in [1.807, 2.05) is 17.9 Å². The fourth-order valence-corrected chi connectivity index (χ4v) is 2.56. The van der Waals surface area contributed by atoms with E-state index in [2.05, 4.69) is 16.2 Å². The molecule has 0 aliphatic carbocycles. The third-order valence-corrected chi connectivity index (χ3v) is 3.80. The van der Waals surface area contributed by atoms with Crippen molar-refractivity contribution in [1.29, 1.82) is 0 Å². The van der Waals surface area contributed by atoms with Crippen LogP contribution in [0.1, 0.15) is 18.4 Å². The number of rotatable bonds is 4. The summed E-state index contributed by atoms with van der Waals surface area (Å²) in [5.41, 5.74) is 6.99. The van der Waals surface area contributed by atoms with Crippen LogP contribution < -0.4 is 5.73 Å². The Morgan fingerprint density at radius 1 is 1.53 bits per heavy atom. The van der Waals surface area contributed by atoms with Gasteiger partial charge in [-0.3, -0.25) is 4.68 Å². The molecule has 17 heavy (non-hydrogen) atoms. The molecule has 1 fully saturated rings. The lowest BCUT2D eigenvalue weighted by Crippen LogP contribution is -2.38. The first-order chi connectivity index (χ1) is 8.15. The zero-order valence-corrected chi connectivity index (χ0v) is 11.1. The SMILES string of the molecule is Cn1cc(CCN2CCC(C(N)=S)CC2)cn1. The molecule has 0 amide bonds. The van der Waals surface area contributed by atoms with Crippen LogP contribution >= 0.6 is 12.2 Å². The minimum Gasteiger partial charge on any atom is -0.393 e. The van der Waals surface area contributed by atoms with Crippen LogP contribution in [0.5, 0.6) is 0 Å². The number of piperidine rings is 1. The Morgan fingerprint density at radius 3 is 2.76 bits per heavy atom. The Hall–Kier alpha value is -0.940. The molecule has 0 unspecified atom stereocenters. The zero-order chi connectivity index (χ0) is 12.3. The highest BCUT2D eigenvalue weighted by atomic mass is 32.1. The molecule has 1 aliphatic heterocycles. The van der Waals surface area contributed by atoms with Crippen molar-refractivity contribution in [3.63, 3.8) is 0 Å². The minimum absolute atomic E-state index is 0.458. The highest BCUT2D eigenvalue weighted by Gasteiger charge is 2.20. The molecule has 94 valence electrons. The standard InChI is InChI=1S/C12H20N4S/c1-15-9-10(8-14-15)2-5-16-6-3-11(4-7-16)12(13)17/h8-9,11H,2-7H2,1H3,(H2,13,17). The second-order valence-corrected chi connectivity index (χ2v) is 5.26. The molecular formula is C12H20N4S. The molecule has 2 rings (SSSR count). The van der Waals surface area contributed by atoms with E-state index in [4.69, 9.17) is 18.0 Å². The van der Waals surface area contributed by atoms with Crippen molar-refractivity contribution in [3.05, 3.63) is 18.0 Å². The molecule has 2 heterocycles. The predicted octanol–water partition coefficient (Wildman–Crippen LogP) is 0.961. The summed E-state index contributed by atoms with van der Waals surface area (Å²) in [6.45, 7) is 3.33. The first kappa shape index (κ1) is 12.5. The van der Waals surface area contributed by atoms with Crippen molar-refractivity contribution in [2.45, 2.75) is 19.3 Å². The molecule has 4 nitrogen and oxygen atoms in total. The van der Waals surface area contributed by atoms with Gasteiger partial charge in [0.1, 0.15) is 0 Å². The fraction of sp³-hybridized carbons (Fsp3) is 0.667. The number of hydrogen-bond donors (Lipinski definition) is 1. The van der Waals surface area contributed by atoms with E-state index in [0.29, 0.717) is 10.9 Å². The van der Waals surface area contributed by atoms with E-state index in [9.17, 15) is 0 Å². The number of nitrogens with zero attached hydrogens (tertiary/aromatic N) is 3. The molecule has 1 aliphatic rings. The summed E-state index contributed by atoms with van der Waals surface area (Å²) in [5.74, 6) is 0.458. The van der Waals surface area contributed by atoms with Gasteiger partial charge < -0.3 is 10.6 Å². The molecule has 2 N–H and O–H groups in total. The van der Waals surface area contributed by atoms with Crippen molar-refractivity contribution in [2.24, 2.45) is 18.7 Å². The van der Waals surface area contributed by atoms with Crippen molar-refractivity contribution in [1.82, 2.24) is 14.7 Å². The molecule has 1 aromatic rings. The van der Waals surface area contributed by atoms with Crippen LogP contribution in [0.25, 0.3) is 0 Å². The summed E-state index contributed by atoms with van der Waals surface area (Å²) >= 11 is 5.05. The summed E-state index contributed by atoms with van der Waals surface area (Å²) in [5, 5.41) is 4.18. The second kappa shape index (κ2) is 5.60. The number of aromatic nitrogens is 2. The molecule has 0 spiro atoms. The van der Waals surface area contributed by atoms with E-state index >= 15 is 0 Å². The Kier molecular flexibility index (Phi) is 4.12. The zero-order valence-electron chi connectivity index (χ0n) is 10.3. The van der Waals surface area contributed by atoms with Crippen LogP contribution in [0.15, 0.2) is 12.4 Å². The van der Waals surface area contributed by atoms with E-state index in [1.165, 1.54) is 5.56 Å². The Morgan fingerprint density at radius 2 is 2.24 bits per heavy atom. The van der Waals surface area contributed by atoms with E-state index in [-0.39, 0.29) is 0 Å². The highest BCUT2D eigenvalue weighted by Crippen LogP contribution is 2.17. The van der Waals surface area contributed by atoms with Gasteiger partial charge in [-0.1, -0.05) is 12.2 Å². The Labute approximate surface area is 108 Å². The fourth-order valence-electron chi connectivity index (χ4n) is 2.33. The Balaban J connectivity index is 1.73. The van der Waals surface area contributed by atoms with Gasteiger partial charge in [-0.15, -0.1) is 0 Å². The van der Waals surface area contributed by atoms with Gasteiger partial charge >= 0.3 is 0 Å².